The van der Waals surface area contributed by atoms with Crippen LogP contribution in [0.25, 0.3) is 0 Å². The molecular formula is C31H33BrNO4P. The van der Waals surface area contributed by atoms with Crippen LogP contribution in [-0.4, -0.2) is 33.9 Å². The molecule has 0 spiro atoms. The predicted molar refractivity (Wildman–Crippen MR) is 161 cm³/mol. The SMILES string of the molecule is O=C(NCCCCCCP(Br)(c1ccccc1)(c1ccccc1)c1ccccc1)c1cc(O)c(O)c(O)c1. The van der Waals surface area contributed by atoms with Gasteiger partial charge in [0.05, 0.1) is 0 Å². The van der Waals surface area contributed by atoms with Crippen LogP contribution in [0.4, 0.5) is 0 Å². The zero-order valence-electron chi connectivity index (χ0n) is 21.1. The minimum atomic E-state index is -2.91. The molecule has 0 aliphatic rings. The second-order valence-electron chi connectivity index (χ2n) is 9.45. The molecule has 0 fully saturated rings. The van der Waals surface area contributed by atoms with E-state index in [1.54, 1.807) is 0 Å². The zero-order valence-corrected chi connectivity index (χ0v) is 23.6. The van der Waals surface area contributed by atoms with E-state index in [4.69, 9.17) is 0 Å². The number of halogens is 1. The van der Waals surface area contributed by atoms with E-state index in [1.165, 1.54) is 15.9 Å². The second kappa shape index (κ2) is 12.0. The Labute approximate surface area is 231 Å². The van der Waals surface area contributed by atoms with E-state index in [2.05, 4.69) is 112 Å². The molecule has 4 rings (SSSR count). The van der Waals surface area contributed by atoms with E-state index in [-0.39, 0.29) is 5.56 Å². The molecule has 0 saturated carbocycles. The van der Waals surface area contributed by atoms with Gasteiger partial charge in [-0.3, -0.25) is 0 Å². The summed E-state index contributed by atoms with van der Waals surface area (Å²) in [4.78, 5) is 12.4. The first-order valence-corrected chi connectivity index (χ1v) is 17.2. The van der Waals surface area contributed by atoms with Crippen molar-refractivity contribution in [2.45, 2.75) is 25.7 Å². The molecule has 0 heterocycles. The molecule has 1 amide bonds. The quantitative estimate of drug-likeness (QED) is 0.0985. The summed E-state index contributed by atoms with van der Waals surface area (Å²) in [5.74, 6) is -2.09. The van der Waals surface area contributed by atoms with Crippen molar-refractivity contribution >= 4 is 42.6 Å². The average Bonchev–Trinajstić information content (AvgIpc) is 2.96. The van der Waals surface area contributed by atoms with Crippen molar-refractivity contribution < 1.29 is 20.1 Å². The molecule has 0 saturated heterocycles. The maximum atomic E-state index is 12.4. The zero-order chi connectivity index (χ0) is 27.0. The standard InChI is InChI=1S/C31H33BrNO4P/c32-38(25-14-6-3-7-15-25,26-16-8-4-9-17-26,27-18-10-5-11-19-27)21-13-2-1-12-20-33-31(37)24-22-28(34)30(36)29(35)23-24/h3-11,14-19,22-23,34-36H,1-2,12-13,20-21H2,(H,33,37). The van der Waals surface area contributed by atoms with Gasteiger partial charge < -0.3 is 5.11 Å². The number of rotatable bonds is 11. The second-order valence-corrected chi connectivity index (χ2v) is 18.5. The van der Waals surface area contributed by atoms with Crippen LogP contribution in [0.5, 0.6) is 17.2 Å². The molecule has 4 N–H and O–H groups in total. The Morgan fingerprint density at radius 2 is 1.08 bits per heavy atom. The first-order chi connectivity index (χ1) is 18.3. The summed E-state index contributed by atoms with van der Waals surface area (Å²) in [6, 6.07) is 34.5. The van der Waals surface area contributed by atoms with Crippen LogP contribution in [0.2, 0.25) is 0 Å². The Hall–Kier alpha value is -3.34. The van der Waals surface area contributed by atoms with E-state index < -0.39 is 28.5 Å². The molecule has 5 nitrogen and oxygen atoms in total. The molecule has 0 bridgehead atoms. The van der Waals surface area contributed by atoms with Crippen LogP contribution in [0, 0.1) is 0 Å². The molecule has 0 aliphatic heterocycles. The van der Waals surface area contributed by atoms with Crippen molar-refractivity contribution in [1.29, 1.82) is 0 Å². The third kappa shape index (κ3) is 5.57. The average molecular weight is 594 g/mol. The van der Waals surface area contributed by atoms with Crippen LogP contribution in [0.15, 0.2) is 103 Å². The summed E-state index contributed by atoms with van der Waals surface area (Å²) in [5.41, 5.74) is 0.100. The van der Waals surface area contributed by atoms with E-state index in [0.29, 0.717) is 6.54 Å². The molecule has 4 aromatic rings. The van der Waals surface area contributed by atoms with Crippen molar-refractivity contribution in [1.82, 2.24) is 5.32 Å². The van der Waals surface area contributed by atoms with Gasteiger partial charge in [0.25, 0.3) is 0 Å². The van der Waals surface area contributed by atoms with Crippen molar-refractivity contribution in [2.75, 3.05) is 12.7 Å². The Balaban J connectivity index is 1.44. The summed E-state index contributed by atoms with van der Waals surface area (Å²) < 4.78 is 0. The van der Waals surface area contributed by atoms with Crippen molar-refractivity contribution in [2.24, 2.45) is 0 Å². The molecule has 0 radical (unpaired) electrons. The van der Waals surface area contributed by atoms with Crippen molar-refractivity contribution in [3.05, 3.63) is 109 Å². The van der Waals surface area contributed by atoms with Crippen molar-refractivity contribution in [3.63, 3.8) is 0 Å². The van der Waals surface area contributed by atoms with Crippen LogP contribution in [0.1, 0.15) is 36.0 Å². The summed E-state index contributed by atoms with van der Waals surface area (Å²) in [6.45, 7) is 0.481. The normalized spacial score (nSPS) is 12.4. The fourth-order valence-corrected chi connectivity index (χ4v) is 12.7. The Bertz CT molecular complexity index is 1240. The van der Waals surface area contributed by atoms with Gasteiger partial charge >= 0.3 is 227 Å². The Kier molecular flexibility index (Phi) is 8.76. The summed E-state index contributed by atoms with van der Waals surface area (Å²) in [7, 11) is 0. The molecular weight excluding hydrogens is 561 g/mol. The third-order valence-corrected chi connectivity index (χ3v) is 17.0. The van der Waals surface area contributed by atoms with E-state index >= 15 is 0 Å². The van der Waals surface area contributed by atoms with Gasteiger partial charge in [-0.2, -0.15) is 0 Å². The van der Waals surface area contributed by atoms with Crippen LogP contribution < -0.4 is 21.2 Å². The molecule has 0 atom stereocenters. The van der Waals surface area contributed by atoms with Gasteiger partial charge in [0.1, 0.15) is 0 Å². The number of phenols is 3. The van der Waals surface area contributed by atoms with Gasteiger partial charge in [0, 0.05) is 0 Å². The summed E-state index contributed by atoms with van der Waals surface area (Å²) in [6.07, 6.45) is 4.75. The number of carbonyl (C=O) groups is 1. The molecule has 7 heteroatoms. The molecule has 0 aliphatic carbocycles. The summed E-state index contributed by atoms with van der Waals surface area (Å²) >= 11 is 4.48. The van der Waals surface area contributed by atoms with Crippen LogP contribution in [-0.2, 0) is 0 Å². The first kappa shape index (κ1) is 27.7. The third-order valence-electron chi connectivity index (χ3n) is 7.01. The number of phenolic OH excluding ortho intramolecular Hbond substituents is 3. The fourth-order valence-electron chi connectivity index (χ4n) is 4.98. The van der Waals surface area contributed by atoms with Gasteiger partial charge in [0.15, 0.2) is 0 Å². The maximum absolute atomic E-state index is 12.4. The number of benzene rings is 4. The van der Waals surface area contributed by atoms with Gasteiger partial charge in [-0.25, -0.2) is 0 Å². The number of hydrogen-bond donors (Lipinski definition) is 4. The summed E-state index contributed by atoms with van der Waals surface area (Å²) in [5, 5.41) is 32.6. The fraction of sp³-hybridized carbons (Fsp3) is 0.194. The van der Waals surface area contributed by atoms with E-state index in [0.717, 1.165) is 44.0 Å². The molecule has 198 valence electrons. The van der Waals surface area contributed by atoms with Crippen LogP contribution >= 0.6 is 20.8 Å². The van der Waals surface area contributed by atoms with Gasteiger partial charge in [-0.05, 0) is 0 Å². The van der Waals surface area contributed by atoms with E-state index in [9.17, 15) is 20.1 Å². The molecule has 0 aromatic heterocycles. The monoisotopic (exact) mass is 593 g/mol. The van der Waals surface area contributed by atoms with Gasteiger partial charge in [0.2, 0.25) is 0 Å². The van der Waals surface area contributed by atoms with Crippen molar-refractivity contribution in [3.8, 4) is 17.2 Å². The van der Waals surface area contributed by atoms with Gasteiger partial charge in [-0.1, -0.05) is 0 Å². The number of aromatic hydroxyl groups is 3. The molecule has 0 unspecified atom stereocenters. The number of unbranched alkanes of at least 4 members (excludes halogenated alkanes) is 3. The number of amides is 1. The number of hydrogen-bond acceptors (Lipinski definition) is 4. The van der Waals surface area contributed by atoms with Gasteiger partial charge in [-0.15, -0.1) is 0 Å². The first-order valence-electron chi connectivity index (χ1n) is 12.8. The molecule has 4 aromatic carbocycles. The van der Waals surface area contributed by atoms with E-state index in [1.807, 2.05) is 0 Å². The predicted octanol–water partition coefficient (Wildman–Crippen LogP) is 5.93. The Morgan fingerprint density at radius 3 is 1.53 bits per heavy atom. The topological polar surface area (TPSA) is 89.8 Å². The number of nitrogens with one attached hydrogen (secondary N) is 1. The molecule has 38 heavy (non-hydrogen) atoms. The minimum absolute atomic E-state index is 0.100. The number of carbonyl (C=O) groups excluding carboxylic acids is 1. The Morgan fingerprint density at radius 1 is 0.658 bits per heavy atom. The van der Waals surface area contributed by atoms with Crippen LogP contribution in [0.3, 0.4) is 0 Å².